The lowest BCUT2D eigenvalue weighted by molar-refractivity contribution is 0.384. The van der Waals surface area contributed by atoms with Gasteiger partial charge in [0.15, 0.2) is 0 Å². The number of hydrogen-bond donors (Lipinski definition) is 0. The van der Waals surface area contributed by atoms with Gasteiger partial charge in [0, 0.05) is 32.2 Å². The summed E-state index contributed by atoms with van der Waals surface area (Å²) in [6, 6.07) is 11.6. The summed E-state index contributed by atoms with van der Waals surface area (Å²) in [4.78, 5) is 14.4. The molecule has 11 heteroatoms. The van der Waals surface area contributed by atoms with E-state index in [1.54, 1.807) is 29.2 Å². The van der Waals surface area contributed by atoms with Crippen molar-refractivity contribution in [2.45, 2.75) is 5.75 Å². The maximum absolute atomic E-state index is 13.5. The molecule has 0 bridgehead atoms. The molecule has 0 radical (unpaired) electrons. The predicted octanol–water partition coefficient (Wildman–Crippen LogP) is 2.82. The van der Waals surface area contributed by atoms with Crippen LogP contribution in [0.4, 0.5) is 14.5 Å². The molecule has 0 N–H and O–H groups in total. The molecule has 0 saturated carbocycles. The number of rotatable bonds is 5. The van der Waals surface area contributed by atoms with Crippen LogP contribution in [0.2, 0.25) is 5.02 Å². The average molecular weight is 481 g/mol. The topological polar surface area (TPSA) is 75.5 Å². The number of aromatic nitrogens is 2. The summed E-state index contributed by atoms with van der Waals surface area (Å²) in [6.07, 6.45) is 1.33. The Morgan fingerprint density at radius 2 is 1.59 bits per heavy atom. The lowest BCUT2D eigenvalue weighted by Gasteiger charge is -2.35. The van der Waals surface area contributed by atoms with E-state index < -0.39 is 27.2 Å². The number of halogens is 3. The third-order valence-electron chi connectivity index (χ3n) is 5.16. The minimum absolute atomic E-state index is 0.0854. The molecule has 0 unspecified atom stereocenters. The fourth-order valence-electron chi connectivity index (χ4n) is 3.57. The number of anilines is 1. The van der Waals surface area contributed by atoms with E-state index in [9.17, 15) is 22.0 Å². The van der Waals surface area contributed by atoms with Crippen LogP contribution in [0.3, 0.4) is 0 Å². The molecular weight excluding hydrogens is 462 g/mol. The molecule has 0 amide bonds. The van der Waals surface area contributed by atoms with E-state index in [1.165, 1.54) is 10.5 Å². The second-order valence-corrected chi connectivity index (χ2v) is 9.66. The van der Waals surface area contributed by atoms with Gasteiger partial charge in [-0.25, -0.2) is 17.2 Å². The third kappa shape index (κ3) is 4.67. The first-order chi connectivity index (χ1) is 15.2. The molecule has 1 aromatic heterocycles. The number of sulfonamides is 1. The zero-order valence-electron chi connectivity index (χ0n) is 16.8. The van der Waals surface area contributed by atoms with E-state index >= 15 is 0 Å². The lowest BCUT2D eigenvalue weighted by Crippen LogP contribution is -2.49. The molecule has 2 aromatic carbocycles. The monoisotopic (exact) mass is 480 g/mol. The van der Waals surface area contributed by atoms with Gasteiger partial charge in [-0.15, -0.1) is 0 Å². The molecule has 0 spiro atoms. The minimum atomic E-state index is -3.49. The van der Waals surface area contributed by atoms with Crippen LogP contribution in [0, 0.1) is 11.6 Å². The van der Waals surface area contributed by atoms with Crippen molar-refractivity contribution in [3.05, 3.63) is 87.3 Å². The summed E-state index contributed by atoms with van der Waals surface area (Å²) < 4.78 is 54.7. The Hall–Kier alpha value is -2.82. The molecule has 1 aliphatic rings. The fourth-order valence-corrected chi connectivity index (χ4v) is 5.34. The van der Waals surface area contributed by atoms with Gasteiger partial charge in [0.1, 0.15) is 16.7 Å². The molecule has 1 saturated heterocycles. The quantitative estimate of drug-likeness (QED) is 0.561. The highest BCUT2D eigenvalue weighted by atomic mass is 35.5. The third-order valence-corrected chi connectivity index (χ3v) is 7.36. The van der Waals surface area contributed by atoms with E-state index in [4.69, 9.17) is 11.6 Å². The van der Waals surface area contributed by atoms with Crippen LogP contribution in [0.25, 0.3) is 5.69 Å². The molecular formula is C21H19ClF2N4O3S. The Morgan fingerprint density at radius 1 is 0.969 bits per heavy atom. The van der Waals surface area contributed by atoms with Gasteiger partial charge in [0.2, 0.25) is 10.0 Å². The normalized spacial score (nSPS) is 15.2. The van der Waals surface area contributed by atoms with Gasteiger partial charge in [-0.1, -0.05) is 41.9 Å². The summed E-state index contributed by atoms with van der Waals surface area (Å²) >= 11 is 6.26. The van der Waals surface area contributed by atoms with Gasteiger partial charge in [0.25, 0.3) is 5.56 Å². The van der Waals surface area contributed by atoms with Crippen LogP contribution in [-0.4, -0.2) is 48.7 Å². The first-order valence-corrected chi connectivity index (χ1v) is 11.7. The van der Waals surface area contributed by atoms with Crippen molar-refractivity contribution in [1.29, 1.82) is 0 Å². The number of benzene rings is 2. The SMILES string of the molecule is O=c1c(Cl)c(N2CCN(S(=O)(=O)Cc3ccccc3)CC2)cnn1-c1cc(F)cc(F)c1. The zero-order chi connectivity index (χ0) is 22.9. The molecule has 1 aliphatic heterocycles. The van der Waals surface area contributed by atoms with Crippen LogP contribution < -0.4 is 10.5 Å². The predicted molar refractivity (Wildman–Crippen MR) is 118 cm³/mol. The smallest absolute Gasteiger partial charge is 0.292 e. The van der Waals surface area contributed by atoms with Crippen LogP contribution in [0.1, 0.15) is 5.56 Å². The Kier molecular flexibility index (Phi) is 6.27. The molecule has 4 rings (SSSR count). The highest BCUT2D eigenvalue weighted by molar-refractivity contribution is 7.88. The van der Waals surface area contributed by atoms with Crippen molar-refractivity contribution in [3.63, 3.8) is 0 Å². The first-order valence-electron chi connectivity index (χ1n) is 9.75. The highest BCUT2D eigenvalue weighted by Crippen LogP contribution is 2.24. The summed E-state index contributed by atoms with van der Waals surface area (Å²) in [5.41, 5.74) is 0.232. The van der Waals surface area contributed by atoms with E-state index in [-0.39, 0.29) is 29.6 Å². The molecule has 32 heavy (non-hydrogen) atoms. The van der Waals surface area contributed by atoms with Gasteiger partial charge >= 0.3 is 0 Å². The van der Waals surface area contributed by atoms with Crippen molar-refractivity contribution >= 4 is 27.3 Å². The Balaban J connectivity index is 1.50. The Bertz CT molecular complexity index is 1270. The maximum Gasteiger partial charge on any atom is 0.292 e. The van der Waals surface area contributed by atoms with Crippen LogP contribution in [0.5, 0.6) is 0 Å². The van der Waals surface area contributed by atoms with Crippen LogP contribution in [-0.2, 0) is 15.8 Å². The average Bonchev–Trinajstić information content (AvgIpc) is 2.75. The molecule has 2 heterocycles. The minimum Gasteiger partial charge on any atom is -0.366 e. The lowest BCUT2D eigenvalue weighted by atomic mass is 10.2. The van der Waals surface area contributed by atoms with E-state index in [0.717, 1.165) is 16.8 Å². The van der Waals surface area contributed by atoms with Crippen molar-refractivity contribution in [1.82, 2.24) is 14.1 Å². The van der Waals surface area contributed by atoms with E-state index in [2.05, 4.69) is 5.10 Å². The molecule has 1 fully saturated rings. The van der Waals surface area contributed by atoms with Gasteiger partial charge in [-0.05, 0) is 17.7 Å². The largest absolute Gasteiger partial charge is 0.366 e. The Morgan fingerprint density at radius 3 is 2.22 bits per heavy atom. The molecule has 3 aromatic rings. The first kappa shape index (κ1) is 22.4. The van der Waals surface area contributed by atoms with Crippen molar-refractivity contribution < 1.29 is 17.2 Å². The molecule has 0 aliphatic carbocycles. The zero-order valence-corrected chi connectivity index (χ0v) is 18.4. The fraction of sp³-hybridized carbons (Fsp3) is 0.238. The molecule has 168 valence electrons. The van der Waals surface area contributed by atoms with Crippen LogP contribution in [0.15, 0.2) is 59.5 Å². The molecule has 7 nitrogen and oxygen atoms in total. The van der Waals surface area contributed by atoms with Gasteiger partial charge in [0.05, 0.1) is 23.3 Å². The number of piperazine rings is 1. The van der Waals surface area contributed by atoms with Gasteiger partial charge < -0.3 is 4.90 Å². The van der Waals surface area contributed by atoms with E-state index in [1.807, 2.05) is 6.07 Å². The van der Waals surface area contributed by atoms with Crippen molar-refractivity contribution in [2.24, 2.45) is 0 Å². The second kappa shape index (κ2) is 8.97. The number of hydrogen-bond acceptors (Lipinski definition) is 5. The molecule has 0 atom stereocenters. The Labute approximate surface area is 188 Å². The number of nitrogens with zero attached hydrogens (tertiary/aromatic N) is 4. The van der Waals surface area contributed by atoms with Gasteiger partial charge in [-0.2, -0.15) is 14.1 Å². The van der Waals surface area contributed by atoms with Crippen LogP contribution >= 0.6 is 11.6 Å². The van der Waals surface area contributed by atoms with Crippen molar-refractivity contribution in [3.8, 4) is 5.69 Å². The summed E-state index contributed by atoms with van der Waals surface area (Å²) in [7, 11) is -3.49. The summed E-state index contributed by atoms with van der Waals surface area (Å²) in [6.45, 7) is 1.08. The second-order valence-electron chi connectivity index (χ2n) is 7.32. The van der Waals surface area contributed by atoms with Crippen molar-refractivity contribution in [2.75, 3.05) is 31.1 Å². The summed E-state index contributed by atoms with van der Waals surface area (Å²) in [5, 5.41) is 3.84. The standard InChI is InChI=1S/C21H19ClF2N4O3S/c22-20-19(13-25-28(21(20)29)18-11-16(23)10-17(24)12-18)26-6-8-27(9-7-26)32(30,31)14-15-4-2-1-3-5-15/h1-5,10-13H,6-9,14H2. The summed E-state index contributed by atoms with van der Waals surface area (Å²) in [5.74, 6) is -1.78. The highest BCUT2D eigenvalue weighted by Gasteiger charge is 2.28. The van der Waals surface area contributed by atoms with Gasteiger partial charge in [-0.3, -0.25) is 4.79 Å². The maximum atomic E-state index is 13.5. The van der Waals surface area contributed by atoms with E-state index in [0.29, 0.717) is 30.4 Å².